The summed E-state index contributed by atoms with van der Waals surface area (Å²) in [5.41, 5.74) is 2.66. The molecule has 0 saturated carbocycles. The van der Waals surface area contributed by atoms with E-state index in [1.807, 2.05) is 6.08 Å². The quantitative estimate of drug-likeness (QED) is 0.531. The highest BCUT2D eigenvalue weighted by molar-refractivity contribution is 5.23. The Morgan fingerprint density at radius 1 is 1.28 bits per heavy atom. The van der Waals surface area contributed by atoms with Gasteiger partial charge < -0.3 is 10.1 Å². The van der Waals surface area contributed by atoms with Gasteiger partial charge in [-0.1, -0.05) is 42.8 Å². The van der Waals surface area contributed by atoms with Crippen LogP contribution in [0.25, 0.3) is 0 Å². The van der Waals surface area contributed by atoms with E-state index in [4.69, 9.17) is 4.74 Å². The molecule has 1 aromatic rings. The lowest BCUT2D eigenvalue weighted by Gasteiger charge is -2.17. The molecule has 2 heteroatoms. The van der Waals surface area contributed by atoms with Crippen molar-refractivity contribution in [2.75, 3.05) is 19.8 Å². The molecule has 0 aliphatic carbocycles. The first-order valence-corrected chi connectivity index (χ1v) is 6.76. The van der Waals surface area contributed by atoms with Crippen molar-refractivity contribution in [3.63, 3.8) is 0 Å². The van der Waals surface area contributed by atoms with Crippen molar-refractivity contribution in [3.05, 3.63) is 48.0 Å². The normalized spacial score (nSPS) is 12.3. The van der Waals surface area contributed by atoms with Crippen LogP contribution in [0.1, 0.15) is 36.9 Å². The molecule has 0 bridgehead atoms. The molecule has 100 valence electrons. The number of ether oxygens (including phenoxy) is 1. The maximum Gasteiger partial charge on any atom is 0.0591 e. The average Bonchev–Trinajstić information content (AvgIpc) is 2.39. The SMILES string of the molecule is C=CCCOCCNC(CC)c1ccc(C)cc1. The second-order valence-corrected chi connectivity index (χ2v) is 4.52. The molecule has 0 aliphatic rings. The largest absolute Gasteiger partial charge is 0.380 e. The minimum absolute atomic E-state index is 0.425. The molecule has 2 nitrogen and oxygen atoms in total. The summed E-state index contributed by atoms with van der Waals surface area (Å²) in [5, 5.41) is 3.53. The van der Waals surface area contributed by atoms with Crippen molar-refractivity contribution in [1.29, 1.82) is 0 Å². The predicted octanol–water partition coefficient (Wildman–Crippen LogP) is 3.63. The van der Waals surface area contributed by atoms with E-state index in [1.54, 1.807) is 0 Å². The first-order valence-electron chi connectivity index (χ1n) is 6.76. The molecule has 0 fully saturated rings. The molecule has 1 N–H and O–H groups in total. The van der Waals surface area contributed by atoms with Crippen LogP contribution in [0, 0.1) is 6.92 Å². The highest BCUT2D eigenvalue weighted by atomic mass is 16.5. The van der Waals surface area contributed by atoms with Crippen LogP contribution in [0.2, 0.25) is 0 Å². The summed E-state index contributed by atoms with van der Waals surface area (Å²) in [6.07, 6.45) is 3.90. The van der Waals surface area contributed by atoms with Crippen LogP contribution < -0.4 is 5.32 Å². The average molecular weight is 247 g/mol. The molecule has 0 amide bonds. The number of hydrogen-bond donors (Lipinski definition) is 1. The Kier molecular flexibility index (Phi) is 7.38. The van der Waals surface area contributed by atoms with Crippen LogP contribution in [0.3, 0.4) is 0 Å². The van der Waals surface area contributed by atoms with Crippen LogP contribution in [-0.4, -0.2) is 19.8 Å². The highest BCUT2D eigenvalue weighted by Gasteiger charge is 2.07. The lowest BCUT2D eigenvalue weighted by Crippen LogP contribution is -2.25. The molecule has 0 aromatic heterocycles. The van der Waals surface area contributed by atoms with Crippen LogP contribution in [0.5, 0.6) is 0 Å². The molecule has 1 atom stereocenters. The summed E-state index contributed by atoms with van der Waals surface area (Å²) in [4.78, 5) is 0. The van der Waals surface area contributed by atoms with Crippen LogP contribution in [0.4, 0.5) is 0 Å². The molecule has 0 radical (unpaired) electrons. The number of aryl methyl sites for hydroxylation is 1. The van der Waals surface area contributed by atoms with Crippen LogP contribution in [-0.2, 0) is 4.74 Å². The fraction of sp³-hybridized carbons (Fsp3) is 0.500. The summed E-state index contributed by atoms with van der Waals surface area (Å²) in [7, 11) is 0. The lowest BCUT2D eigenvalue weighted by molar-refractivity contribution is 0.138. The van der Waals surface area contributed by atoms with Crippen molar-refractivity contribution < 1.29 is 4.74 Å². The van der Waals surface area contributed by atoms with E-state index in [9.17, 15) is 0 Å². The lowest BCUT2D eigenvalue weighted by atomic mass is 10.0. The first kappa shape index (κ1) is 14.9. The minimum atomic E-state index is 0.425. The highest BCUT2D eigenvalue weighted by Crippen LogP contribution is 2.16. The van der Waals surface area contributed by atoms with E-state index < -0.39 is 0 Å². The maximum absolute atomic E-state index is 5.49. The molecular weight excluding hydrogens is 222 g/mol. The summed E-state index contributed by atoms with van der Waals surface area (Å²) in [6, 6.07) is 9.17. The Morgan fingerprint density at radius 2 is 2.00 bits per heavy atom. The van der Waals surface area contributed by atoms with Gasteiger partial charge in [0.15, 0.2) is 0 Å². The van der Waals surface area contributed by atoms with Crippen molar-refractivity contribution in [3.8, 4) is 0 Å². The van der Waals surface area contributed by atoms with Gasteiger partial charge in [-0.25, -0.2) is 0 Å². The van der Waals surface area contributed by atoms with Gasteiger partial charge >= 0.3 is 0 Å². The molecule has 0 saturated heterocycles. The second kappa shape index (κ2) is 8.90. The van der Waals surface area contributed by atoms with Gasteiger partial charge in [-0.2, -0.15) is 0 Å². The molecular formula is C16H25NO. The van der Waals surface area contributed by atoms with Crippen molar-refractivity contribution in [2.24, 2.45) is 0 Å². The molecule has 1 aromatic carbocycles. The fourth-order valence-electron chi connectivity index (χ4n) is 1.87. The Hall–Kier alpha value is -1.12. The molecule has 0 heterocycles. The Labute approximate surface area is 111 Å². The Morgan fingerprint density at radius 3 is 2.61 bits per heavy atom. The molecule has 1 rings (SSSR count). The van der Waals surface area contributed by atoms with Gasteiger partial charge in [-0.3, -0.25) is 0 Å². The minimum Gasteiger partial charge on any atom is -0.380 e. The number of hydrogen-bond acceptors (Lipinski definition) is 2. The van der Waals surface area contributed by atoms with E-state index >= 15 is 0 Å². The Bertz CT molecular complexity index is 331. The van der Waals surface area contributed by atoms with E-state index in [2.05, 4.69) is 50.0 Å². The van der Waals surface area contributed by atoms with E-state index in [1.165, 1.54) is 11.1 Å². The first-order chi connectivity index (χ1) is 8.77. The third kappa shape index (κ3) is 5.48. The zero-order valence-electron chi connectivity index (χ0n) is 11.6. The number of benzene rings is 1. The van der Waals surface area contributed by atoms with Crippen molar-refractivity contribution in [2.45, 2.75) is 32.7 Å². The maximum atomic E-state index is 5.49. The Balaban J connectivity index is 2.29. The van der Waals surface area contributed by atoms with Gasteiger partial charge in [0.1, 0.15) is 0 Å². The summed E-state index contributed by atoms with van der Waals surface area (Å²) < 4.78 is 5.49. The third-order valence-corrected chi connectivity index (χ3v) is 2.99. The van der Waals surface area contributed by atoms with Gasteiger partial charge in [0.05, 0.1) is 13.2 Å². The van der Waals surface area contributed by atoms with Crippen LogP contribution >= 0.6 is 0 Å². The van der Waals surface area contributed by atoms with Gasteiger partial charge in [-0.05, 0) is 25.3 Å². The summed E-state index contributed by atoms with van der Waals surface area (Å²) in [6.45, 7) is 10.4. The zero-order chi connectivity index (χ0) is 13.2. The predicted molar refractivity (Wildman–Crippen MR) is 77.8 cm³/mol. The smallest absolute Gasteiger partial charge is 0.0591 e. The molecule has 1 unspecified atom stereocenters. The second-order valence-electron chi connectivity index (χ2n) is 4.52. The standard InChI is InChI=1S/C16H25NO/c1-4-6-12-18-13-11-17-16(5-2)15-9-7-14(3)8-10-15/h4,7-10,16-17H,1,5-6,11-13H2,2-3H3. The summed E-state index contributed by atoms with van der Waals surface area (Å²) >= 11 is 0. The van der Waals surface area contributed by atoms with E-state index in [-0.39, 0.29) is 0 Å². The fourth-order valence-corrected chi connectivity index (χ4v) is 1.87. The number of rotatable bonds is 9. The third-order valence-electron chi connectivity index (χ3n) is 2.99. The molecule has 18 heavy (non-hydrogen) atoms. The van der Waals surface area contributed by atoms with Gasteiger partial charge in [0, 0.05) is 12.6 Å². The summed E-state index contributed by atoms with van der Waals surface area (Å²) in [5.74, 6) is 0. The monoisotopic (exact) mass is 247 g/mol. The number of nitrogens with one attached hydrogen (secondary N) is 1. The van der Waals surface area contributed by atoms with Crippen molar-refractivity contribution >= 4 is 0 Å². The topological polar surface area (TPSA) is 21.3 Å². The molecule has 0 aliphatic heterocycles. The van der Waals surface area contributed by atoms with Gasteiger partial charge in [0.2, 0.25) is 0 Å². The van der Waals surface area contributed by atoms with Crippen molar-refractivity contribution in [1.82, 2.24) is 5.32 Å². The van der Waals surface area contributed by atoms with Gasteiger partial charge in [0.25, 0.3) is 0 Å². The molecule has 0 spiro atoms. The van der Waals surface area contributed by atoms with E-state index in [0.29, 0.717) is 6.04 Å². The van der Waals surface area contributed by atoms with Crippen LogP contribution in [0.15, 0.2) is 36.9 Å². The van der Waals surface area contributed by atoms with E-state index in [0.717, 1.165) is 32.6 Å². The van der Waals surface area contributed by atoms with Gasteiger partial charge in [-0.15, -0.1) is 6.58 Å². The zero-order valence-corrected chi connectivity index (χ0v) is 11.6.